The van der Waals surface area contributed by atoms with Gasteiger partial charge in [-0.3, -0.25) is 0 Å². The van der Waals surface area contributed by atoms with Crippen LogP contribution in [0.3, 0.4) is 0 Å². The van der Waals surface area contributed by atoms with Gasteiger partial charge < -0.3 is 8.97 Å². The standard InChI is InChI=1S/C62H114N2/c1-11-13-15-17-19-25-33-41-59(61-51-55(3)49-56(4)52-61)43-35-27-21-23-29-37-45-63(7,8)47-39-31-32-40-48-64(9,10)46-38-30-24-22-28-36-44-60(42-34-26-20-18-16-14-12-2)62-53-57(5)50-58(6)54-62/h49-54,59-60H,11-48H2,1-10H3/q+2. The fourth-order valence-corrected chi connectivity index (χ4v) is 11.1. The average Bonchev–Trinajstić information content (AvgIpc) is 3.23. The van der Waals surface area contributed by atoms with Crippen LogP contribution >= 0.6 is 0 Å². The highest BCUT2D eigenvalue weighted by Gasteiger charge is 2.17. The van der Waals surface area contributed by atoms with Gasteiger partial charge in [0.05, 0.1) is 54.4 Å². The van der Waals surface area contributed by atoms with Crippen molar-refractivity contribution in [2.45, 2.75) is 272 Å². The summed E-state index contributed by atoms with van der Waals surface area (Å²) in [4.78, 5) is 0. The normalized spacial score (nSPS) is 13.2. The monoisotopic (exact) mass is 887 g/mol. The lowest BCUT2D eigenvalue weighted by Gasteiger charge is -2.31. The van der Waals surface area contributed by atoms with Gasteiger partial charge in [0.25, 0.3) is 0 Å². The molecule has 0 aliphatic heterocycles. The largest absolute Gasteiger partial charge is 0.328 e. The maximum atomic E-state index is 2.49. The Morgan fingerprint density at radius 2 is 0.484 bits per heavy atom. The summed E-state index contributed by atoms with van der Waals surface area (Å²) >= 11 is 0. The molecule has 0 saturated carbocycles. The number of benzene rings is 2. The molecule has 0 saturated heterocycles. The molecular weight excluding hydrogens is 773 g/mol. The second kappa shape index (κ2) is 36.4. The Balaban J connectivity index is 1.51. The van der Waals surface area contributed by atoms with E-state index < -0.39 is 0 Å². The molecule has 370 valence electrons. The van der Waals surface area contributed by atoms with E-state index in [4.69, 9.17) is 0 Å². The van der Waals surface area contributed by atoms with Gasteiger partial charge in [-0.05, 0) is 128 Å². The van der Waals surface area contributed by atoms with E-state index in [1.54, 1.807) is 11.1 Å². The van der Waals surface area contributed by atoms with Crippen molar-refractivity contribution in [1.29, 1.82) is 0 Å². The Labute approximate surface area is 403 Å². The third kappa shape index (κ3) is 30.6. The first-order valence-corrected chi connectivity index (χ1v) is 28.6. The number of unbranched alkanes of at least 4 members (excludes halogenated alkanes) is 25. The number of aryl methyl sites for hydroxylation is 4. The highest BCUT2D eigenvalue weighted by molar-refractivity contribution is 5.32. The summed E-state index contributed by atoms with van der Waals surface area (Å²) in [5, 5.41) is 0. The van der Waals surface area contributed by atoms with Crippen LogP contribution in [0.15, 0.2) is 36.4 Å². The van der Waals surface area contributed by atoms with Crippen LogP contribution in [0, 0.1) is 27.7 Å². The number of hydrogen-bond acceptors (Lipinski definition) is 0. The van der Waals surface area contributed by atoms with E-state index in [2.05, 4.69) is 106 Å². The number of hydrogen-bond donors (Lipinski definition) is 0. The Bertz CT molecular complexity index is 1240. The molecule has 0 aliphatic rings. The van der Waals surface area contributed by atoms with Crippen LogP contribution < -0.4 is 0 Å². The molecule has 0 heterocycles. The maximum absolute atomic E-state index is 2.49. The third-order valence-electron chi connectivity index (χ3n) is 15.2. The molecule has 0 radical (unpaired) electrons. The predicted molar refractivity (Wildman–Crippen MR) is 289 cm³/mol. The van der Waals surface area contributed by atoms with Crippen LogP contribution in [-0.4, -0.2) is 63.3 Å². The van der Waals surface area contributed by atoms with Crippen LogP contribution in [0.5, 0.6) is 0 Å². The van der Waals surface area contributed by atoms with Crippen molar-refractivity contribution in [2.24, 2.45) is 0 Å². The summed E-state index contributed by atoms with van der Waals surface area (Å²) in [7, 11) is 9.94. The molecule has 0 amide bonds. The SMILES string of the molecule is CCCCCCCCCC(CCCCCCCC[N+](C)(C)CCCCCC[N+](C)(C)CCCCCCCCC(CCCCCCCCC)c1cc(C)cc(C)c1)c1cc(C)cc(C)c1. The second-order valence-electron chi connectivity index (χ2n) is 23.1. The van der Waals surface area contributed by atoms with Crippen LogP contribution in [0.25, 0.3) is 0 Å². The quantitative estimate of drug-likeness (QED) is 0.0460. The zero-order valence-corrected chi connectivity index (χ0v) is 45.4. The van der Waals surface area contributed by atoms with Crippen molar-refractivity contribution in [3.05, 3.63) is 69.8 Å². The van der Waals surface area contributed by atoms with Crippen LogP contribution in [0.4, 0.5) is 0 Å². The average molecular weight is 888 g/mol. The minimum atomic E-state index is 0.760. The topological polar surface area (TPSA) is 0 Å². The number of nitrogens with zero attached hydrogens (tertiary/aromatic N) is 2. The smallest absolute Gasteiger partial charge is 0.0782 e. The van der Waals surface area contributed by atoms with Gasteiger partial charge in [0.15, 0.2) is 0 Å². The van der Waals surface area contributed by atoms with Gasteiger partial charge in [0, 0.05) is 0 Å². The minimum absolute atomic E-state index is 0.760. The number of rotatable bonds is 43. The van der Waals surface area contributed by atoms with Crippen molar-refractivity contribution >= 4 is 0 Å². The molecule has 2 nitrogen and oxygen atoms in total. The zero-order valence-electron chi connectivity index (χ0n) is 45.4. The molecule has 2 aromatic carbocycles. The lowest BCUT2D eigenvalue weighted by molar-refractivity contribution is -0.891. The van der Waals surface area contributed by atoms with Gasteiger partial charge in [0.2, 0.25) is 0 Å². The molecule has 0 aliphatic carbocycles. The molecule has 64 heavy (non-hydrogen) atoms. The van der Waals surface area contributed by atoms with Gasteiger partial charge >= 0.3 is 0 Å². The van der Waals surface area contributed by atoms with E-state index in [0.29, 0.717) is 0 Å². The summed E-state index contributed by atoms with van der Waals surface area (Å²) in [6, 6.07) is 14.7. The van der Waals surface area contributed by atoms with E-state index in [-0.39, 0.29) is 0 Å². The van der Waals surface area contributed by atoms with E-state index in [9.17, 15) is 0 Å². The van der Waals surface area contributed by atoms with Gasteiger partial charge in [-0.2, -0.15) is 0 Å². The molecule has 0 spiro atoms. The summed E-state index contributed by atoms with van der Waals surface area (Å²) in [5.41, 5.74) is 9.01. The zero-order chi connectivity index (χ0) is 46.7. The number of quaternary nitrogens is 2. The fourth-order valence-electron chi connectivity index (χ4n) is 11.1. The fraction of sp³-hybridized carbons (Fsp3) is 0.806. The molecule has 2 atom stereocenters. The molecule has 2 aromatic rings. The van der Waals surface area contributed by atoms with Crippen LogP contribution in [0.2, 0.25) is 0 Å². The van der Waals surface area contributed by atoms with Crippen LogP contribution in [-0.2, 0) is 0 Å². The molecule has 2 rings (SSSR count). The lowest BCUT2D eigenvalue weighted by atomic mass is 9.86. The van der Waals surface area contributed by atoms with Crippen LogP contribution in [0.1, 0.15) is 277 Å². The molecule has 0 fully saturated rings. The summed E-state index contributed by atoms with van der Waals surface area (Å²) in [6.07, 6.45) is 47.9. The van der Waals surface area contributed by atoms with Gasteiger partial charge in [-0.15, -0.1) is 0 Å². The van der Waals surface area contributed by atoms with E-state index in [1.807, 2.05) is 0 Å². The van der Waals surface area contributed by atoms with Crippen molar-refractivity contribution in [3.63, 3.8) is 0 Å². The maximum Gasteiger partial charge on any atom is 0.0782 e. The Morgan fingerprint density at radius 3 is 0.719 bits per heavy atom. The highest BCUT2D eigenvalue weighted by Crippen LogP contribution is 2.32. The third-order valence-corrected chi connectivity index (χ3v) is 15.2. The first-order chi connectivity index (χ1) is 30.8. The molecule has 0 bridgehead atoms. The summed E-state index contributed by atoms with van der Waals surface area (Å²) in [6.45, 7) is 19.2. The summed E-state index contributed by atoms with van der Waals surface area (Å²) < 4.78 is 2.42. The van der Waals surface area contributed by atoms with E-state index in [0.717, 1.165) is 11.8 Å². The van der Waals surface area contributed by atoms with Gasteiger partial charge in [-0.1, -0.05) is 214 Å². The van der Waals surface area contributed by atoms with Crippen molar-refractivity contribution < 1.29 is 8.97 Å². The van der Waals surface area contributed by atoms with Crippen molar-refractivity contribution in [2.75, 3.05) is 54.4 Å². The molecule has 2 unspecified atom stereocenters. The molecule has 2 heteroatoms. The Morgan fingerprint density at radius 1 is 0.281 bits per heavy atom. The molecular formula is C62H114N2+2. The first kappa shape index (κ1) is 58.5. The van der Waals surface area contributed by atoms with Gasteiger partial charge in [0.1, 0.15) is 0 Å². The Hall–Kier alpha value is -1.64. The lowest BCUT2D eigenvalue weighted by Crippen LogP contribution is -2.41. The summed E-state index contributed by atoms with van der Waals surface area (Å²) in [5.74, 6) is 1.52. The van der Waals surface area contributed by atoms with Crippen molar-refractivity contribution in [1.82, 2.24) is 0 Å². The van der Waals surface area contributed by atoms with E-state index in [1.165, 1.54) is 276 Å². The first-order valence-electron chi connectivity index (χ1n) is 28.6. The molecule has 0 aromatic heterocycles. The second-order valence-corrected chi connectivity index (χ2v) is 23.1. The molecule has 0 N–H and O–H groups in total. The van der Waals surface area contributed by atoms with Gasteiger partial charge in [-0.25, -0.2) is 0 Å². The Kier molecular flexibility index (Phi) is 33.3. The van der Waals surface area contributed by atoms with E-state index >= 15 is 0 Å². The predicted octanol–water partition coefficient (Wildman–Crippen LogP) is 19.2. The highest BCUT2D eigenvalue weighted by atomic mass is 15.3. The minimum Gasteiger partial charge on any atom is -0.328 e. The van der Waals surface area contributed by atoms with Crippen molar-refractivity contribution in [3.8, 4) is 0 Å².